The first kappa shape index (κ1) is 16.4. The van der Waals surface area contributed by atoms with Crippen LogP contribution in [0, 0.1) is 5.92 Å². The zero-order valence-corrected chi connectivity index (χ0v) is 11.8. The van der Waals surface area contributed by atoms with Gasteiger partial charge in [0.25, 0.3) is 0 Å². The number of rotatable bonds is 10. The first-order valence-corrected chi connectivity index (χ1v) is 6.97. The van der Waals surface area contributed by atoms with Crippen LogP contribution >= 0.6 is 0 Å². The summed E-state index contributed by atoms with van der Waals surface area (Å²) in [6, 6.07) is -0.124. The van der Waals surface area contributed by atoms with Crippen molar-refractivity contribution in [3.05, 3.63) is 0 Å². The molecule has 2 atom stereocenters. The quantitative estimate of drug-likeness (QED) is 0.578. The molecule has 0 heterocycles. The highest BCUT2D eigenvalue weighted by molar-refractivity contribution is 5.73. The maximum atomic E-state index is 11.0. The molecule has 3 heteroatoms. The maximum Gasteiger partial charge on any atom is 0.320 e. The van der Waals surface area contributed by atoms with Crippen molar-refractivity contribution in [2.24, 2.45) is 5.92 Å². The normalized spacial score (nSPS) is 14.9. The number of hydrogen-bond donors (Lipinski definition) is 2. The van der Waals surface area contributed by atoms with Gasteiger partial charge in [-0.3, -0.25) is 4.79 Å². The molecule has 0 aliphatic rings. The lowest BCUT2D eigenvalue weighted by molar-refractivity contribution is -0.140. The highest BCUT2D eigenvalue weighted by atomic mass is 16.4. The molecule has 0 aromatic heterocycles. The number of carbonyl (C=O) groups is 1. The van der Waals surface area contributed by atoms with Gasteiger partial charge in [-0.05, 0) is 19.3 Å². The van der Waals surface area contributed by atoms with Crippen LogP contribution in [0.1, 0.15) is 66.2 Å². The molecule has 0 bridgehead atoms. The molecule has 0 radical (unpaired) electrons. The Balaban J connectivity index is 3.75. The summed E-state index contributed by atoms with van der Waals surface area (Å²) < 4.78 is 0. The first-order valence-electron chi connectivity index (χ1n) is 6.97. The predicted octanol–water partition coefficient (Wildman–Crippen LogP) is 3.43. The largest absolute Gasteiger partial charge is 0.480 e. The standard InChI is InChI=1S/C14H29NO2/c1-5-6-7-8-9-10-12(4)15-13(11(2)3)14(16)17/h11-13,15H,5-10H2,1-4H3,(H,16,17). The molecule has 0 amide bonds. The molecule has 2 N–H and O–H groups in total. The third kappa shape index (κ3) is 8.19. The van der Waals surface area contributed by atoms with Crippen molar-refractivity contribution in [2.45, 2.75) is 78.3 Å². The summed E-state index contributed by atoms with van der Waals surface area (Å²) in [6.45, 7) is 8.18. The fourth-order valence-corrected chi connectivity index (χ4v) is 1.99. The van der Waals surface area contributed by atoms with Crippen molar-refractivity contribution in [1.82, 2.24) is 5.32 Å². The number of aliphatic carboxylic acids is 1. The molecule has 0 spiro atoms. The Bertz CT molecular complexity index is 204. The van der Waals surface area contributed by atoms with Gasteiger partial charge < -0.3 is 10.4 Å². The molecule has 2 unspecified atom stereocenters. The molecule has 0 saturated carbocycles. The lowest BCUT2D eigenvalue weighted by atomic mass is 10.0. The van der Waals surface area contributed by atoms with E-state index < -0.39 is 12.0 Å². The van der Waals surface area contributed by atoms with Gasteiger partial charge >= 0.3 is 5.97 Å². The van der Waals surface area contributed by atoms with Crippen LogP contribution in [0.5, 0.6) is 0 Å². The summed E-state index contributed by atoms with van der Waals surface area (Å²) in [5.41, 5.74) is 0. The van der Waals surface area contributed by atoms with E-state index in [0.29, 0.717) is 6.04 Å². The monoisotopic (exact) mass is 243 g/mol. The van der Waals surface area contributed by atoms with Gasteiger partial charge in [0.1, 0.15) is 6.04 Å². The van der Waals surface area contributed by atoms with Crippen LogP contribution in [-0.4, -0.2) is 23.2 Å². The van der Waals surface area contributed by atoms with E-state index in [4.69, 9.17) is 5.11 Å². The third-order valence-electron chi connectivity index (χ3n) is 3.14. The van der Waals surface area contributed by atoms with Crippen LogP contribution in [0.3, 0.4) is 0 Å². The van der Waals surface area contributed by atoms with E-state index >= 15 is 0 Å². The summed E-state index contributed by atoms with van der Waals surface area (Å²) in [5.74, 6) is -0.604. The van der Waals surface area contributed by atoms with Crippen molar-refractivity contribution in [2.75, 3.05) is 0 Å². The lowest BCUT2D eigenvalue weighted by Crippen LogP contribution is -2.45. The topological polar surface area (TPSA) is 49.3 Å². The number of carboxylic acid groups (broad SMARTS) is 1. The smallest absolute Gasteiger partial charge is 0.320 e. The van der Waals surface area contributed by atoms with Gasteiger partial charge in [-0.1, -0.05) is 52.9 Å². The SMILES string of the molecule is CCCCCCCC(C)NC(C(=O)O)C(C)C. The number of hydrogen-bond acceptors (Lipinski definition) is 2. The highest BCUT2D eigenvalue weighted by Crippen LogP contribution is 2.09. The third-order valence-corrected chi connectivity index (χ3v) is 3.14. The number of unbranched alkanes of at least 4 members (excludes halogenated alkanes) is 4. The van der Waals surface area contributed by atoms with Crippen LogP contribution in [0.2, 0.25) is 0 Å². The first-order chi connectivity index (χ1) is 7.99. The van der Waals surface area contributed by atoms with Crippen molar-refractivity contribution >= 4 is 5.97 Å². The summed E-state index contributed by atoms with van der Waals surface area (Å²) in [4.78, 5) is 11.0. The van der Waals surface area contributed by atoms with Gasteiger partial charge in [0, 0.05) is 6.04 Å². The van der Waals surface area contributed by atoms with E-state index in [9.17, 15) is 4.79 Å². The van der Waals surface area contributed by atoms with Gasteiger partial charge in [0.15, 0.2) is 0 Å². The minimum atomic E-state index is -0.738. The lowest BCUT2D eigenvalue weighted by Gasteiger charge is -2.22. The summed E-state index contributed by atoms with van der Waals surface area (Å²) in [5, 5.41) is 12.3. The Hall–Kier alpha value is -0.570. The van der Waals surface area contributed by atoms with Crippen molar-refractivity contribution < 1.29 is 9.90 Å². The van der Waals surface area contributed by atoms with Gasteiger partial charge in [0.05, 0.1) is 0 Å². The Morgan fingerprint density at radius 1 is 1.12 bits per heavy atom. The average molecular weight is 243 g/mol. The van der Waals surface area contributed by atoms with Gasteiger partial charge in [-0.2, -0.15) is 0 Å². The van der Waals surface area contributed by atoms with E-state index in [-0.39, 0.29) is 5.92 Å². The zero-order valence-electron chi connectivity index (χ0n) is 11.8. The fourth-order valence-electron chi connectivity index (χ4n) is 1.99. The predicted molar refractivity (Wildman–Crippen MR) is 72.2 cm³/mol. The molecule has 102 valence electrons. The molecule has 0 aliphatic heterocycles. The second-order valence-electron chi connectivity index (χ2n) is 5.33. The average Bonchev–Trinajstić information content (AvgIpc) is 2.24. The van der Waals surface area contributed by atoms with Crippen LogP contribution < -0.4 is 5.32 Å². The number of nitrogens with one attached hydrogen (secondary N) is 1. The molecular formula is C14H29NO2. The van der Waals surface area contributed by atoms with Crippen molar-refractivity contribution in [1.29, 1.82) is 0 Å². The van der Waals surface area contributed by atoms with Crippen LogP contribution in [-0.2, 0) is 4.79 Å². The molecule has 0 aliphatic carbocycles. The van der Waals surface area contributed by atoms with E-state index in [2.05, 4.69) is 19.2 Å². The van der Waals surface area contributed by atoms with Crippen LogP contribution in [0.4, 0.5) is 0 Å². The Labute approximate surface area is 106 Å². The van der Waals surface area contributed by atoms with Crippen molar-refractivity contribution in [3.63, 3.8) is 0 Å². The molecule has 0 aromatic carbocycles. The minimum absolute atomic E-state index is 0.134. The van der Waals surface area contributed by atoms with Crippen LogP contribution in [0.25, 0.3) is 0 Å². The van der Waals surface area contributed by atoms with Crippen LogP contribution in [0.15, 0.2) is 0 Å². The van der Waals surface area contributed by atoms with Gasteiger partial charge in [-0.25, -0.2) is 0 Å². The summed E-state index contributed by atoms with van der Waals surface area (Å²) >= 11 is 0. The Morgan fingerprint density at radius 2 is 1.71 bits per heavy atom. The molecule has 3 nitrogen and oxygen atoms in total. The van der Waals surface area contributed by atoms with Gasteiger partial charge in [0.2, 0.25) is 0 Å². The molecule has 0 aromatic rings. The minimum Gasteiger partial charge on any atom is -0.480 e. The van der Waals surface area contributed by atoms with Crippen molar-refractivity contribution in [3.8, 4) is 0 Å². The van der Waals surface area contributed by atoms with E-state index in [1.54, 1.807) is 0 Å². The molecule has 0 saturated heterocycles. The molecule has 0 rings (SSSR count). The Morgan fingerprint density at radius 3 is 2.18 bits per heavy atom. The van der Waals surface area contributed by atoms with E-state index in [0.717, 1.165) is 6.42 Å². The summed E-state index contributed by atoms with van der Waals surface area (Å²) in [7, 11) is 0. The maximum absolute atomic E-state index is 11.0. The second-order valence-corrected chi connectivity index (χ2v) is 5.33. The molecule has 0 fully saturated rings. The number of carboxylic acids is 1. The van der Waals surface area contributed by atoms with E-state index in [1.165, 1.54) is 32.1 Å². The molecule has 17 heavy (non-hydrogen) atoms. The fraction of sp³-hybridized carbons (Fsp3) is 0.929. The Kier molecular flexibility index (Phi) is 9.14. The van der Waals surface area contributed by atoms with Gasteiger partial charge in [-0.15, -0.1) is 0 Å². The highest BCUT2D eigenvalue weighted by Gasteiger charge is 2.22. The summed E-state index contributed by atoms with van der Waals surface area (Å²) in [6.07, 6.45) is 7.40. The van der Waals surface area contributed by atoms with E-state index in [1.807, 2.05) is 13.8 Å². The second kappa shape index (κ2) is 9.46. The molecular weight excluding hydrogens is 214 g/mol. The zero-order chi connectivity index (χ0) is 13.3.